The second-order valence-electron chi connectivity index (χ2n) is 16.2. The lowest BCUT2D eigenvalue weighted by Crippen LogP contribution is -2.28. The fourth-order valence-corrected chi connectivity index (χ4v) is 9.87. The minimum Gasteiger partial charge on any atom is -0.238 e. The van der Waals surface area contributed by atoms with Gasteiger partial charge in [-0.1, -0.05) is 143 Å². The summed E-state index contributed by atoms with van der Waals surface area (Å²) in [5.41, 5.74) is 9.15. The van der Waals surface area contributed by atoms with E-state index in [1.165, 1.54) is 53.0 Å². The van der Waals surface area contributed by atoms with Crippen molar-refractivity contribution in [1.29, 1.82) is 0 Å². The van der Waals surface area contributed by atoms with Gasteiger partial charge in [0.2, 0.25) is 5.70 Å². The maximum atomic E-state index is 7.45. The molecule has 0 radical (unpaired) electrons. The van der Waals surface area contributed by atoms with Gasteiger partial charge in [-0.3, -0.25) is 0 Å². The second kappa shape index (κ2) is 22.6. The van der Waals surface area contributed by atoms with Crippen LogP contribution in [0.25, 0.3) is 11.3 Å². The molecule has 4 rings (SSSR count). The van der Waals surface area contributed by atoms with Crippen LogP contribution in [0.5, 0.6) is 0 Å². The van der Waals surface area contributed by atoms with Gasteiger partial charge in [-0.2, -0.15) is 0 Å². The first-order chi connectivity index (χ1) is 24.6. The third-order valence-corrected chi connectivity index (χ3v) is 12.4. The van der Waals surface area contributed by atoms with Gasteiger partial charge in [-0.15, -0.1) is 6.58 Å². The lowest BCUT2D eigenvalue weighted by molar-refractivity contribution is -0.230. The number of nitrogens with zero attached hydrogens (tertiary/aromatic N) is 2. The largest absolute Gasteiger partial charge is 0.298 e. The van der Waals surface area contributed by atoms with Crippen molar-refractivity contribution in [3.8, 4) is 22.3 Å². The van der Waals surface area contributed by atoms with Crippen LogP contribution in [0.3, 0.4) is 0 Å². The highest BCUT2D eigenvalue weighted by molar-refractivity contribution is 8.35. The molecule has 2 nitrogen and oxygen atoms in total. The van der Waals surface area contributed by atoms with Gasteiger partial charge in [-0.05, 0) is 104 Å². The maximum Gasteiger partial charge on any atom is 0.298 e. The Labute approximate surface area is 329 Å². The summed E-state index contributed by atoms with van der Waals surface area (Å²) in [5.74, 6) is 8.21. The minimum absolute atomic E-state index is 0.266. The Hall–Kier alpha value is -2.59. The Morgan fingerprint density at radius 1 is 0.885 bits per heavy atom. The monoisotopic (exact) mass is 748 g/mol. The molecule has 2 aliphatic rings. The van der Waals surface area contributed by atoms with E-state index in [4.69, 9.17) is 11.6 Å². The average molecular weight is 749 g/mol. The molecule has 0 bridgehead atoms. The van der Waals surface area contributed by atoms with Crippen molar-refractivity contribution in [2.75, 3.05) is 0 Å². The van der Waals surface area contributed by atoms with Gasteiger partial charge in [0.25, 0.3) is 5.17 Å². The van der Waals surface area contributed by atoms with Crippen molar-refractivity contribution >= 4 is 38.4 Å². The minimum atomic E-state index is -2.20. The summed E-state index contributed by atoms with van der Waals surface area (Å²) in [5, 5.41) is 8.52. The topological polar surface area (TPSA) is 7.94 Å². The van der Waals surface area contributed by atoms with E-state index >= 15 is 0 Å². The zero-order valence-corrected chi connectivity index (χ0v) is 37.8. The average Bonchev–Trinajstić information content (AvgIpc) is 3.56. The number of hydrogen-bond acceptors (Lipinski definition) is 0. The van der Waals surface area contributed by atoms with Crippen molar-refractivity contribution in [2.45, 2.75) is 174 Å². The van der Waals surface area contributed by atoms with Gasteiger partial charge in [0.05, 0.1) is 22.4 Å². The first kappa shape index (κ1) is 47.4. The zero-order chi connectivity index (χ0) is 39.7. The number of halogens is 1. The number of rotatable bonds is 11. The predicted octanol–water partition coefficient (Wildman–Crippen LogP) is 15.7. The van der Waals surface area contributed by atoms with Crippen LogP contribution in [-0.2, 0) is 0 Å². The van der Waals surface area contributed by atoms with Crippen LogP contribution in [0.15, 0.2) is 43.0 Å². The highest BCUT2D eigenvalue weighted by Gasteiger charge is 2.53. The molecule has 3 heterocycles. The van der Waals surface area contributed by atoms with Crippen molar-refractivity contribution in [1.82, 2.24) is 3.97 Å². The summed E-state index contributed by atoms with van der Waals surface area (Å²) in [6.45, 7) is 37.2. The third kappa shape index (κ3) is 12.5. The first-order valence-electron chi connectivity index (χ1n) is 20.4. The van der Waals surface area contributed by atoms with E-state index in [0.717, 1.165) is 68.0 Å². The van der Waals surface area contributed by atoms with Gasteiger partial charge in [0.15, 0.2) is 10.4 Å². The number of allylic oxidation sites excluding steroid dienone is 2. The molecule has 1 aromatic carbocycles. The molecular weight excluding hydrogens is 672 g/mol. The number of aromatic nitrogens is 1. The van der Waals surface area contributed by atoms with Crippen molar-refractivity contribution in [2.24, 2.45) is 16.7 Å². The molecule has 1 unspecified atom stereocenters. The Morgan fingerprint density at radius 2 is 1.40 bits per heavy atom. The molecule has 1 atom stereocenters. The third-order valence-electron chi connectivity index (χ3n) is 9.21. The van der Waals surface area contributed by atoms with Gasteiger partial charge >= 0.3 is 0 Å². The molecule has 0 aliphatic carbocycles. The van der Waals surface area contributed by atoms with E-state index in [-0.39, 0.29) is 10.8 Å². The van der Waals surface area contributed by atoms with E-state index < -0.39 is 10.4 Å². The molecule has 0 saturated heterocycles. The van der Waals surface area contributed by atoms with E-state index in [2.05, 4.69) is 157 Å². The summed E-state index contributed by atoms with van der Waals surface area (Å²) in [6, 6.07) is 10.9. The molecule has 290 valence electrons. The van der Waals surface area contributed by atoms with E-state index in [0.29, 0.717) is 0 Å². The second-order valence-corrected chi connectivity index (χ2v) is 18.8. The van der Waals surface area contributed by atoms with Crippen LogP contribution in [0.2, 0.25) is 0 Å². The van der Waals surface area contributed by atoms with Crippen LogP contribution < -0.4 is 0 Å². The van der Waals surface area contributed by atoms with Crippen molar-refractivity contribution < 1.29 is 3.98 Å². The highest BCUT2D eigenvalue weighted by Crippen LogP contribution is 2.62. The molecule has 0 saturated carbocycles. The van der Waals surface area contributed by atoms with E-state index in [9.17, 15) is 0 Å². The summed E-state index contributed by atoms with van der Waals surface area (Å²) in [4.78, 5) is 0. The van der Waals surface area contributed by atoms with Crippen LogP contribution in [0.1, 0.15) is 189 Å². The van der Waals surface area contributed by atoms with E-state index in [1.807, 2.05) is 19.9 Å². The normalized spacial score (nSPS) is 16.9. The summed E-state index contributed by atoms with van der Waals surface area (Å²) >= 11 is 7.45. The lowest BCUT2D eigenvalue weighted by atomic mass is 9.84. The molecule has 4 heteroatoms. The van der Waals surface area contributed by atoms with Gasteiger partial charge in [0, 0.05) is 29.0 Å². The fourth-order valence-electron chi connectivity index (χ4n) is 6.34. The van der Waals surface area contributed by atoms with Crippen LogP contribution >= 0.6 is 22.0 Å². The number of hydrogen-bond donors (Lipinski definition) is 0. The number of aryl methyl sites for hydroxylation is 2. The fraction of sp³-hybridized carbons (Fsp3) is 0.604. The van der Waals surface area contributed by atoms with Crippen LogP contribution in [-0.4, -0.2) is 13.1 Å². The molecule has 52 heavy (non-hydrogen) atoms. The first-order valence-corrected chi connectivity index (χ1v) is 22.3. The molecule has 0 fully saturated rings. The van der Waals surface area contributed by atoms with Gasteiger partial charge in [-0.25, -0.2) is 3.97 Å². The zero-order valence-electron chi connectivity index (χ0n) is 36.2. The SMILES string of the molecule is C=CCCCC1=C2c3ccccc3C(Cl)=[N+]2S(C#CCCC(C)(C)CC)(C#CCCC(C)(C)CCC)n2c(C)cc(C)c21.CC.CC(C)C.CCC. The number of benzene rings is 1. The summed E-state index contributed by atoms with van der Waals surface area (Å²) in [6.07, 6.45) is 13.6. The molecule has 1 aromatic heterocycles. The molecule has 0 N–H and O–H groups in total. The standard InChI is InChI=1S/C39H52ClN2S.C4H10.C3H8.C2H6/c1-10-13-14-23-34-35-30(4)29-31(5)41(35)43(27-19-17-25-38(6,7)12-3,28-20-18-26-39(8,9)24-11-2)42-36(34)32-21-15-16-22-33(32)37(42)40;1-4(2)3;1-3-2;1-2/h10,15-16,21-22,29H,1,11-14,17-18,23-26H2,2-9H3;4H,1-3H3;3H2,1-2H3;1-2H3/q+1;;;. The Morgan fingerprint density at radius 3 is 1.90 bits per heavy atom. The number of unbranched alkanes of at least 4 members (excludes halogenated alkanes) is 1. The van der Waals surface area contributed by atoms with Crippen LogP contribution in [0.4, 0.5) is 0 Å². The van der Waals surface area contributed by atoms with Crippen molar-refractivity contribution in [3.05, 3.63) is 71.1 Å². The smallest absolute Gasteiger partial charge is 0.238 e. The van der Waals surface area contributed by atoms with Crippen LogP contribution in [0, 0.1) is 52.9 Å². The Kier molecular flexibility index (Phi) is 20.6. The Bertz CT molecular complexity index is 1620. The summed E-state index contributed by atoms with van der Waals surface area (Å²) in [7, 11) is -2.20. The van der Waals surface area contributed by atoms with E-state index in [1.54, 1.807) is 0 Å². The highest BCUT2D eigenvalue weighted by atomic mass is 35.5. The number of fused-ring (bicyclic) bond motifs is 4. The maximum absolute atomic E-state index is 7.45. The summed E-state index contributed by atoms with van der Waals surface area (Å²) < 4.78 is 4.86. The molecule has 2 aromatic rings. The lowest BCUT2D eigenvalue weighted by Gasteiger charge is -2.34. The van der Waals surface area contributed by atoms with Gasteiger partial charge in [0.1, 0.15) is 0 Å². The Balaban J connectivity index is 0.00000136. The quantitative estimate of drug-likeness (QED) is 0.0936. The van der Waals surface area contributed by atoms with Gasteiger partial charge < -0.3 is 0 Å². The van der Waals surface area contributed by atoms with Crippen molar-refractivity contribution in [3.63, 3.8) is 0 Å². The molecule has 0 spiro atoms. The molecule has 2 aliphatic heterocycles. The molecule has 0 amide bonds. The molecular formula is C48H76ClN2S+. The predicted molar refractivity (Wildman–Crippen MR) is 239 cm³/mol.